The molecule has 1 saturated carbocycles. The van der Waals surface area contributed by atoms with Crippen LogP contribution >= 0.6 is 11.6 Å². The van der Waals surface area contributed by atoms with Gasteiger partial charge in [-0.3, -0.25) is 4.79 Å². The Morgan fingerprint density at radius 2 is 2.28 bits per heavy atom. The van der Waals surface area contributed by atoms with Gasteiger partial charge in [-0.2, -0.15) is 0 Å². The van der Waals surface area contributed by atoms with Crippen LogP contribution in [0.2, 0.25) is 5.02 Å². The molecule has 4 nitrogen and oxygen atoms in total. The second-order valence-electron chi connectivity index (χ2n) is 4.42. The van der Waals surface area contributed by atoms with Gasteiger partial charge < -0.3 is 15.2 Å². The number of nitrogens with one attached hydrogen (secondary N) is 1. The first-order valence-corrected chi connectivity index (χ1v) is 6.36. The molecule has 0 aliphatic heterocycles. The zero-order valence-corrected chi connectivity index (χ0v) is 10.7. The molecule has 5 heteroatoms. The lowest BCUT2D eigenvalue weighted by atomic mass is 10.2. The van der Waals surface area contributed by atoms with E-state index < -0.39 is 0 Å². The minimum absolute atomic E-state index is 0.0799. The van der Waals surface area contributed by atoms with Crippen molar-refractivity contribution in [3.63, 3.8) is 0 Å². The van der Waals surface area contributed by atoms with E-state index in [2.05, 4.69) is 5.32 Å². The lowest BCUT2D eigenvalue weighted by Crippen LogP contribution is -2.30. The van der Waals surface area contributed by atoms with Crippen molar-refractivity contribution in [3.05, 3.63) is 28.8 Å². The minimum Gasteiger partial charge on any atom is -0.482 e. The molecule has 1 aromatic rings. The van der Waals surface area contributed by atoms with Crippen molar-refractivity contribution in [2.24, 2.45) is 5.92 Å². The molecule has 0 spiro atoms. The van der Waals surface area contributed by atoms with Crippen molar-refractivity contribution in [1.29, 1.82) is 0 Å². The Morgan fingerprint density at radius 3 is 2.94 bits per heavy atom. The second-order valence-corrected chi connectivity index (χ2v) is 4.83. The fraction of sp³-hybridized carbons (Fsp3) is 0.462. The van der Waals surface area contributed by atoms with Gasteiger partial charge in [0.25, 0.3) is 5.91 Å². The van der Waals surface area contributed by atoms with Crippen LogP contribution in [-0.4, -0.2) is 24.2 Å². The van der Waals surface area contributed by atoms with Gasteiger partial charge >= 0.3 is 0 Å². The third-order valence-corrected chi connectivity index (χ3v) is 3.15. The predicted octanol–water partition coefficient (Wildman–Crippen LogP) is 1.74. The van der Waals surface area contributed by atoms with E-state index in [1.165, 1.54) is 12.8 Å². The number of carbonyl (C=O) groups is 1. The molecule has 1 aliphatic rings. The average Bonchev–Trinajstić information content (AvgIpc) is 3.18. The van der Waals surface area contributed by atoms with E-state index in [4.69, 9.17) is 21.4 Å². The summed E-state index contributed by atoms with van der Waals surface area (Å²) in [5, 5.41) is 12.4. The Hall–Kier alpha value is -1.26. The highest BCUT2D eigenvalue weighted by Crippen LogP contribution is 2.29. The van der Waals surface area contributed by atoms with Crippen molar-refractivity contribution in [3.8, 4) is 5.75 Å². The van der Waals surface area contributed by atoms with E-state index in [-0.39, 0.29) is 19.1 Å². The van der Waals surface area contributed by atoms with Crippen molar-refractivity contribution < 1.29 is 14.6 Å². The monoisotopic (exact) mass is 269 g/mol. The van der Waals surface area contributed by atoms with Crippen molar-refractivity contribution in [2.75, 3.05) is 13.2 Å². The van der Waals surface area contributed by atoms with Gasteiger partial charge in [-0.15, -0.1) is 0 Å². The summed E-state index contributed by atoms with van der Waals surface area (Å²) in [7, 11) is 0. The smallest absolute Gasteiger partial charge is 0.257 e. The maximum Gasteiger partial charge on any atom is 0.257 e. The molecule has 0 saturated heterocycles. The number of aliphatic hydroxyl groups excluding tert-OH is 1. The Kier molecular flexibility index (Phi) is 4.44. The van der Waals surface area contributed by atoms with Gasteiger partial charge in [0, 0.05) is 12.1 Å². The van der Waals surface area contributed by atoms with Gasteiger partial charge in [-0.25, -0.2) is 0 Å². The standard InChI is InChI=1S/C13H16ClNO3/c14-11-3-1-2-10(7-16)13(11)18-8-12(17)15-6-9-4-5-9/h1-3,9,16H,4-8H2,(H,15,17). The lowest BCUT2D eigenvalue weighted by molar-refractivity contribution is -0.123. The maximum absolute atomic E-state index is 11.5. The fourth-order valence-corrected chi connectivity index (χ4v) is 1.86. The van der Waals surface area contributed by atoms with Gasteiger partial charge in [0.2, 0.25) is 0 Å². The van der Waals surface area contributed by atoms with Crippen LogP contribution in [-0.2, 0) is 11.4 Å². The molecular formula is C13H16ClNO3. The number of halogens is 1. The van der Waals surface area contributed by atoms with Crippen molar-refractivity contribution in [2.45, 2.75) is 19.4 Å². The Morgan fingerprint density at radius 1 is 1.50 bits per heavy atom. The van der Waals surface area contributed by atoms with E-state index in [9.17, 15) is 4.79 Å². The number of amides is 1. The quantitative estimate of drug-likeness (QED) is 0.827. The molecule has 98 valence electrons. The van der Waals surface area contributed by atoms with Crippen LogP contribution in [0.25, 0.3) is 0 Å². The van der Waals surface area contributed by atoms with Gasteiger partial charge in [0.1, 0.15) is 5.75 Å². The lowest BCUT2D eigenvalue weighted by Gasteiger charge is -2.11. The number of benzene rings is 1. The molecule has 2 N–H and O–H groups in total. The number of hydrogen-bond acceptors (Lipinski definition) is 3. The summed E-state index contributed by atoms with van der Waals surface area (Å²) in [6, 6.07) is 5.11. The second kappa shape index (κ2) is 6.07. The summed E-state index contributed by atoms with van der Waals surface area (Å²) < 4.78 is 5.37. The van der Waals surface area contributed by atoms with Crippen LogP contribution in [0.4, 0.5) is 0 Å². The van der Waals surface area contributed by atoms with Crippen molar-refractivity contribution in [1.82, 2.24) is 5.32 Å². The number of hydrogen-bond donors (Lipinski definition) is 2. The van der Waals surface area contributed by atoms with E-state index in [1.807, 2.05) is 0 Å². The number of carbonyl (C=O) groups excluding carboxylic acids is 1. The summed E-state index contributed by atoms with van der Waals surface area (Å²) in [5.41, 5.74) is 0.581. The molecule has 18 heavy (non-hydrogen) atoms. The van der Waals surface area contributed by atoms with Crippen LogP contribution in [0, 0.1) is 5.92 Å². The summed E-state index contributed by atoms with van der Waals surface area (Å²) in [5.74, 6) is 0.858. The molecule has 1 aromatic carbocycles. The largest absolute Gasteiger partial charge is 0.482 e. The molecule has 0 bridgehead atoms. The molecule has 1 amide bonds. The molecule has 0 heterocycles. The van der Waals surface area contributed by atoms with Gasteiger partial charge in [0.05, 0.1) is 11.6 Å². The van der Waals surface area contributed by atoms with E-state index in [0.29, 0.717) is 22.3 Å². The van der Waals surface area contributed by atoms with E-state index in [0.717, 1.165) is 6.54 Å². The van der Waals surface area contributed by atoms with Gasteiger partial charge in [-0.1, -0.05) is 23.7 Å². The normalized spacial score (nSPS) is 14.3. The highest BCUT2D eigenvalue weighted by Gasteiger charge is 2.21. The van der Waals surface area contributed by atoms with Crippen molar-refractivity contribution >= 4 is 17.5 Å². The summed E-state index contributed by atoms with van der Waals surface area (Å²) in [6.07, 6.45) is 2.39. The first kappa shape index (κ1) is 13.2. The summed E-state index contributed by atoms with van der Waals surface area (Å²) in [6.45, 7) is 0.473. The van der Waals surface area contributed by atoms with Crippen LogP contribution in [0.15, 0.2) is 18.2 Å². The first-order chi connectivity index (χ1) is 8.70. The molecule has 1 aliphatic carbocycles. The number of rotatable bonds is 6. The maximum atomic E-state index is 11.5. The highest BCUT2D eigenvalue weighted by atomic mass is 35.5. The van der Waals surface area contributed by atoms with Crippen LogP contribution in [0.1, 0.15) is 18.4 Å². The summed E-state index contributed by atoms with van der Waals surface area (Å²) in [4.78, 5) is 11.5. The highest BCUT2D eigenvalue weighted by molar-refractivity contribution is 6.32. The molecule has 0 atom stereocenters. The molecule has 1 fully saturated rings. The van der Waals surface area contributed by atoms with Crippen LogP contribution in [0.3, 0.4) is 0 Å². The van der Waals surface area contributed by atoms with E-state index >= 15 is 0 Å². The van der Waals surface area contributed by atoms with Gasteiger partial charge in [-0.05, 0) is 24.8 Å². The summed E-state index contributed by atoms with van der Waals surface area (Å²) >= 11 is 5.96. The molecule has 0 unspecified atom stereocenters. The Bertz CT molecular complexity index is 432. The molecule has 0 aromatic heterocycles. The number of ether oxygens (including phenoxy) is 1. The van der Waals surface area contributed by atoms with E-state index in [1.54, 1.807) is 18.2 Å². The first-order valence-electron chi connectivity index (χ1n) is 5.98. The zero-order valence-electron chi connectivity index (χ0n) is 9.99. The number of aliphatic hydroxyl groups is 1. The fourth-order valence-electron chi connectivity index (χ4n) is 1.61. The van der Waals surface area contributed by atoms with Crippen LogP contribution in [0.5, 0.6) is 5.75 Å². The van der Waals surface area contributed by atoms with Crippen LogP contribution < -0.4 is 10.1 Å². The Balaban J connectivity index is 1.86. The minimum atomic E-state index is -0.167. The Labute approximate surface area is 111 Å². The predicted molar refractivity (Wildman–Crippen MR) is 68.6 cm³/mol. The SMILES string of the molecule is O=C(COc1c(Cl)cccc1CO)NCC1CC1. The zero-order chi connectivity index (χ0) is 13.0. The molecule has 2 rings (SSSR count). The third kappa shape index (κ3) is 3.62. The third-order valence-electron chi connectivity index (χ3n) is 2.85. The topological polar surface area (TPSA) is 58.6 Å². The number of para-hydroxylation sites is 1. The molecular weight excluding hydrogens is 254 g/mol. The molecule has 0 radical (unpaired) electrons. The van der Waals surface area contributed by atoms with Gasteiger partial charge in [0.15, 0.2) is 6.61 Å². The average molecular weight is 270 g/mol.